The molecule has 1 aliphatic rings. The monoisotopic (exact) mass is 306 g/mol. The predicted molar refractivity (Wildman–Crippen MR) is 93.3 cm³/mol. The lowest BCUT2D eigenvalue weighted by molar-refractivity contribution is -0.123. The van der Waals surface area contributed by atoms with Crippen LogP contribution in [0.4, 0.5) is 0 Å². The molecule has 118 valence electrons. The largest absolute Gasteiger partial charge is 0.298 e. The molecule has 1 fully saturated rings. The molecule has 2 aromatic carbocycles. The summed E-state index contributed by atoms with van der Waals surface area (Å²) in [5.74, 6) is 0.494. The summed E-state index contributed by atoms with van der Waals surface area (Å²) in [5, 5.41) is 0. The lowest BCUT2D eigenvalue weighted by Crippen LogP contribution is -2.37. The quantitative estimate of drug-likeness (QED) is 0.796. The van der Waals surface area contributed by atoms with E-state index in [0.29, 0.717) is 5.92 Å². The van der Waals surface area contributed by atoms with E-state index >= 15 is 0 Å². The van der Waals surface area contributed by atoms with Gasteiger partial charge in [0.25, 0.3) is 0 Å². The van der Waals surface area contributed by atoms with Gasteiger partial charge in [0, 0.05) is 5.92 Å². The lowest BCUT2D eigenvalue weighted by Gasteiger charge is -2.12. The molecule has 3 rings (SSSR count). The van der Waals surface area contributed by atoms with Crippen molar-refractivity contribution < 1.29 is 4.79 Å². The third-order valence-electron chi connectivity index (χ3n) is 4.17. The Kier molecular flexibility index (Phi) is 4.77. The highest BCUT2D eigenvalue weighted by atomic mass is 16.2. The normalized spacial score (nSPS) is 20.0. The average Bonchev–Trinajstić information content (AvgIpc) is 3.41. The van der Waals surface area contributed by atoms with Gasteiger partial charge in [0.15, 0.2) is 0 Å². The number of carbonyl (C=O) groups excluding carboxylic acids is 1. The van der Waals surface area contributed by atoms with Crippen molar-refractivity contribution >= 4 is 11.6 Å². The molecule has 3 heteroatoms. The van der Waals surface area contributed by atoms with Crippen molar-refractivity contribution in [3.63, 3.8) is 0 Å². The van der Waals surface area contributed by atoms with E-state index in [9.17, 15) is 4.79 Å². The van der Waals surface area contributed by atoms with Crippen LogP contribution >= 0.6 is 0 Å². The first kappa shape index (κ1) is 15.3. The van der Waals surface area contributed by atoms with Crippen LogP contribution in [0.15, 0.2) is 66.7 Å². The topological polar surface area (TPSA) is 41.1 Å². The summed E-state index contributed by atoms with van der Waals surface area (Å²) in [6, 6.07) is 20.3. The van der Waals surface area contributed by atoms with Gasteiger partial charge in [-0.2, -0.15) is 0 Å². The van der Waals surface area contributed by atoms with Gasteiger partial charge in [0.1, 0.15) is 0 Å². The standard InChI is InChI=1S/C20H22N2O/c1-2-9-19(16-12-7-4-8-13-16)21-22-20(23)18-14-17(18)15-10-5-3-6-11-15/h3-13,17-18,21H,2,14H2,1H3,(H,22,23). The van der Waals surface area contributed by atoms with Crippen LogP contribution in [-0.2, 0) is 4.79 Å². The minimum Gasteiger partial charge on any atom is -0.298 e. The number of hydrogen-bond acceptors (Lipinski definition) is 2. The van der Waals surface area contributed by atoms with E-state index in [4.69, 9.17) is 0 Å². The molecule has 0 radical (unpaired) electrons. The highest BCUT2D eigenvalue weighted by molar-refractivity contribution is 5.83. The second-order valence-electron chi connectivity index (χ2n) is 5.87. The number of rotatable bonds is 6. The summed E-state index contributed by atoms with van der Waals surface area (Å²) in [6.45, 7) is 2.08. The van der Waals surface area contributed by atoms with Gasteiger partial charge < -0.3 is 0 Å². The summed E-state index contributed by atoms with van der Waals surface area (Å²) in [5.41, 5.74) is 9.23. The maximum atomic E-state index is 12.3. The Balaban J connectivity index is 1.58. The van der Waals surface area contributed by atoms with E-state index in [1.807, 2.05) is 48.5 Å². The number of benzene rings is 2. The first-order valence-corrected chi connectivity index (χ1v) is 8.16. The van der Waals surface area contributed by atoms with E-state index in [0.717, 1.165) is 24.1 Å². The molecule has 0 heterocycles. The van der Waals surface area contributed by atoms with Crippen LogP contribution in [0.3, 0.4) is 0 Å². The fourth-order valence-electron chi connectivity index (χ4n) is 2.84. The number of amides is 1. The van der Waals surface area contributed by atoms with E-state index in [-0.39, 0.29) is 11.8 Å². The zero-order valence-electron chi connectivity index (χ0n) is 13.3. The van der Waals surface area contributed by atoms with Crippen molar-refractivity contribution in [2.45, 2.75) is 25.7 Å². The Labute approximate surface area is 137 Å². The average molecular weight is 306 g/mol. The van der Waals surface area contributed by atoms with E-state index in [2.05, 4.69) is 36.0 Å². The Bertz CT molecular complexity index is 679. The molecule has 0 aromatic heterocycles. The van der Waals surface area contributed by atoms with Crippen LogP contribution in [-0.4, -0.2) is 5.91 Å². The molecule has 2 unspecified atom stereocenters. The zero-order chi connectivity index (χ0) is 16.1. The molecule has 1 saturated carbocycles. The Morgan fingerprint density at radius 2 is 1.70 bits per heavy atom. The first-order chi connectivity index (χ1) is 11.3. The minimum atomic E-state index is 0.0665. The molecule has 0 saturated heterocycles. The summed E-state index contributed by atoms with van der Waals surface area (Å²) < 4.78 is 0. The van der Waals surface area contributed by atoms with E-state index in [1.54, 1.807) is 0 Å². The highest BCUT2D eigenvalue weighted by Crippen LogP contribution is 2.47. The van der Waals surface area contributed by atoms with Gasteiger partial charge in [-0.25, -0.2) is 0 Å². The fraction of sp³-hybridized carbons (Fsp3) is 0.250. The highest BCUT2D eigenvalue weighted by Gasteiger charge is 2.43. The number of hydrazine groups is 1. The Morgan fingerprint density at radius 1 is 1.04 bits per heavy atom. The van der Waals surface area contributed by atoms with Crippen LogP contribution in [0, 0.1) is 5.92 Å². The van der Waals surface area contributed by atoms with Crippen molar-refractivity contribution in [1.29, 1.82) is 0 Å². The van der Waals surface area contributed by atoms with Crippen molar-refractivity contribution in [3.8, 4) is 0 Å². The van der Waals surface area contributed by atoms with Gasteiger partial charge >= 0.3 is 0 Å². The van der Waals surface area contributed by atoms with Gasteiger partial charge in [0.05, 0.1) is 5.70 Å². The second kappa shape index (κ2) is 7.14. The maximum Gasteiger partial charge on any atom is 0.242 e. The summed E-state index contributed by atoms with van der Waals surface area (Å²) >= 11 is 0. The molecule has 2 aromatic rings. The predicted octanol–water partition coefficient (Wildman–Crippen LogP) is 3.86. The number of allylic oxidation sites excluding steroid dienone is 1. The molecule has 3 nitrogen and oxygen atoms in total. The van der Waals surface area contributed by atoms with Crippen molar-refractivity contribution in [3.05, 3.63) is 77.9 Å². The van der Waals surface area contributed by atoms with Crippen LogP contribution in [0.5, 0.6) is 0 Å². The van der Waals surface area contributed by atoms with Crippen molar-refractivity contribution in [1.82, 2.24) is 10.9 Å². The second-order valence-corrected chi connectivity index (χ2v) is 5.87. The van der Waals surface area contributed by atoms with E-state index < -0.39 is 0 Å². The van der Waals surface area contributed by atoms with Gasteiger partial charge in [-0.05, 0) is 29.9 Å². The number of carbonyl (C=O) groups is 1. The Hall–Kier alpha value is -2.55. The molecule has 23 heavy (non-hydrogen) atoms. The maximum absolute atomic E-state index is 12.3. The van der Waals surface area contributed by atoms with Gasteiger partial charge in [-0.1, -0.05) is 73.7 Å². The van der Waals surface area contributed by atoms with Gasteiger partial charge in [0.2, 0.25) is 5.91 Å². The zero-order valence-corrected chi connectivity index (χ0v) is 13.3. The molecule has 0 spiro atoms. The molecule has 1 aliphatic carbocycles. The number of nitrogens with one attached hydrogen (secondary N) is 2. The van der Waals surface area contributed by atoms with Gasteiger partial charge in [-0.3, -0.25) is 15.6 Å². The van der Waals surface area contributed by atoms with Crippen molar-refractivity contribution in [2.24, 2.45) is 5.92 Å². The van der Waals surface area contributed by atoms with Gasteiger partial charge in [-0.15, -0.1) is 0 Å². The molecule has 0 bridgehead atoms. The minimum absolute atomic E-state index is 0.0665. The molecule has 2 atom stereocenters. The van der Waals surface area contributed by atoms with Crippen LogP contribution in [0.1, 0.15) is 36.8 Å². The summed E-state index contributed by atoms with van der Waals surface area (Å²) in [7, 11) is 0. The molecule has 0 aliphatic heterocycles. The lowest BCUT2D eigenvalue weighted by atomic mass is 10.1. The first-order valence-electron chi connectivity index (χ1n) is 8.16. The summed E-state index contributed by atoms with van der Waals surface area (Å²) in [6.07, 6.45) is 3.91. The van der Waals surface area contributed by atoms with E-state index in [1.165, 1.54) is 5.56 Å². The molecular formula is C20H22N2O. The molecule has 1 amide bonds. The van der Waals surface area contributed by atoms with Crippen LogP contribution in [0.25, 0.3) is 5.70 Å². The smallest absolute Gasteiger partial charge is 0.242 e. The molecule has 2 N–H and O–H groups in total. The van der Waals surface area contributed by atoms with Crippen LogP contribution < -0.4 is 10.9 Å². The van der Waals surface area contributed by atoms with Crippen LogP contribution in [0.2, 0.25) is 0 Å². The third-order valence-corrected chi connectivity index (χ3v) is 4.17. The third kappa shape index (κ3) is 3.81. The Morgan fingerprint density at radius 3 is 2.35 bits per heavy atom. The molecular weight excluding hydrogens is 284 g/mol. The number of hydrogen-bond donors (Lipinski definition) is 2. The summed E-state index contributed by atoms with van der Waals surface area (Å²) in [4.78, 5) is 12.3. The SMILES string of the molecule is CCC=C(NNC(=O)C1CC1c1ccccc1)c1ccccc1. The fourth-order valence-corrected chi connectivity index (χ4v) is 2.84. The van der Waals surface area contributed by atoms with Crippen molar-refractivity contribution in [2.75, 3.05) is 0 Å².